The van der Waals surface area contributed by atoms with E-state index in [1.807, 2.05) is 19.1 Å². The van der Waals surface area contributed by atoms with E-state index in [9.17, 15) is 13.2 Å². The van der Waals surface area contributed by atoms with Crippen LogP contribution in [-0.2, 0) is 14.8 Å². The number of nitrogens with two attached hydrogens (primary N) is 1. The van der Waals surface area contributed by atoms with Crippen molar-refractivity contribution in [2.75, 3.05) is 18.8 Å². The SMILES string of the molecule is C/C(=N/NC(=O)[C@H]1CCCN(S(=O)(=O)c2ccc(C)cc2)C1)c1ccc(N)cc1. The Labute approximate surface area is 171 Å². The van der Waals surface area contributed by atoms with Gasteiger partial charge in [0.1, 0.15) is 0 Å². The molecule has 3 rings (SSSR count). The van der Waals surface area contributed by atoms with Gasteiger partial charge < -0.3 is 5.73 Å². The van der Waals surface area contributed by atoms with E-state index in [0.29, 0.717) is 30.8 Å². The Bertz CT molecular complexity index is 999. The predicted octanol–water partition coefficient (Wildman–Crippen LogP) is 2.52. The Morgan fingerprint density at radius 1 is 1.14 bits per heavy atom. The van der Waals surface area contributed by atoms with Gasteiger partial charge in [-0.2, -0.15) is 9.41 Å². The molecule has 1 aliphatic rings. The van der Waals surface area contributed by atoms with Gasteiger partial charge in [0.25, 0.3) is 0 Å². The maximum absolute atomic E-state index is 12.9. The van der Waals surface area contributed by atoms with Crippen LogP contribution in [0.4, 0.5) is 5.69 Å². The fourth-order valence-electron chi connectivity index (χ4n) is 3.25. The number of nitrogens with zero attached hydrogens (tertiary/aromatic N) is 2. The molecule has 0 aliphatic carbocycles. The molecule has 29 heavy (non-hydrogen) atoms. The normalized spacial score (nSPS) is 18.4. The van der Waals surface area contributed by atoms with Crippen LogP contribution in [0.2, 0.25) is 0 Å². The Hall–Kier alpha value is -2.71. The molecule has 1 fully saturated rings. The van der Waals surface area contributed by atoms with Crippen LogP contribution in [0.25, 0.3) is 0 Å². The molecule has 154 valence electrons. The molecule has 1 aliphatic heterocycles. The van der Waals surface area contributed by atoms with Crippen molar-refractivity contribution in [3.63, 3.8) is 0 Å². The Morgan fingerprint density at radius 3 is 2.45 bits per heavy atom. The summed E-state index contributed by atoms with van der Waals surface area (Å²) in [6.07, 6.45) is 1.26. The molecule has 3 N–H and O–H groups in total. The van der Waals surface area contributed by atoms with Gasteiger partial charge in [0.2, 0.25) is 15.9 Å². The van der Waals surface area contributed by atoms with E-state index >= 15 is 0 Å². The molecule has 0 unspecified atom stereocenters. The lowest BCUT2D eigenvalue weighted by Gasteiger charge is -2.30. The third-order valence-corrected chi connectivity index (χ3v) is 6.96. The molecule has 0 bridgehead atoms. The maximum Gasteiger partial charge on any atom is 0.244 e. The number of anilines is 1. The number of nitrogen functional groups attached to an aromatic ring is 1. The zero-order valence-corrected chi connectivity index (χ0v) is 17.4. The van der Waals surface area contributed by atoms with E-state index in [-0.39, 0.29) is 17.3 Å². The van der Waals surface area contributed by atoms with Gasteiger partial charge in [0.15, 0.2) is 0 Å². The fourth-order valence-corrected chi connectivity index (χ4v) is 4.78. The first-order valence-corrected chi connectivity index (χ1v) is 11.0. The molecule has 7 nitrogen and oxygen atoms in total. The monoisotopic (exact) mass is 414 g/mol. The Balaban J connectivity index is 1.66. The van der Waals surface area contributed by atoms with Crippen molar-refractivity contribution in [3.8, 4) is 0 Å². The molecule has 1 saturated heterocycles. The number of amides is 1. The van der Waals surface area contributed by atoms with Crippen LogP contribution in [0.15, 0.2) is 58.5 Å². The van der Waals surface area contributed by atoms with Gasteiger partial charge in [-0.05, 0) is 56.5 Å². The number of piperidine rings is 1. The standard InChI is InChI=1S/C21H26N4O3S/c1-15-5-11-20(12-6-15)29(27,28)25-13-3-4-18(14-25)21(26)24-23-16(2)17-7-9-19(22)10-8-17/h5-12,18H,3-4,13-14,22H2,1-2H3,(H,24,26)/b23-16-/t18-/m0/s1. The van der Waals surface area contributed by atoms with Gasteiger partial charge in [-0.25, -0.2) is 13.8 Å². The lowest BCUT2D eigenvalue weighted by molar-refractivity contribution is -0.126. The van der Waals surface area contributed by atoms with Crippen molar-refractivity contribution in [3.05, 3.63) is 59.7 Å². The van der Waals surface area contributed by atoms with Crippen molar-refractivity contribution < 1.29 is 13.2 Å². The second kappa shape index (κ2) is 8.75. The molecule has 0 spiro atoms. The minimum Gasteiger partial charge on any atom is -0.399 e. The van der Waals surface area contributed by atoms with E-state index in [4.69, 9.17) is 5.73 Å². The topological polar surface area (TPSA) is 105 Å². The molecule has 1 atom stereocenters. The fraction of sp³-hybridized carbons (Fsp3) is 0.333. The van der Waals surface area contributed by atoms with Crippen LogP contribution < -0.4 is 11.2 Å². The van der Waals surface area contributed by atoms with Crippen molar-refractivity contribution in [2.45, 2.75) is 31.6 Å². The summed E-state index contributed by atoms with van der Waals surface area (Å²) in [6, 6.07) is 14.0. The summed E-state index contributed by atoms with van der Waals surface area (Å²) in [5.41, 5.74) is 11.4. The summed E-state index contributed by atoms with van der Waals surface area (Å²) in [6.45, 7) is 4.26. The number of hydrazone groups is 1. The highest BCUT2D eigenvalue weighted by Gasteiger charge is 2.33. The van der Waals surface area contributed by atoms with Gasteiger partial charge in [-0.3, -0.25) is 4.79 Å². The smallest absolute Gasteiger partial charge is 0.244 e. The largest absolute Gasteiger partial charge is 0.399 e. The molecule has 1 amide bonds. The molecule has 0 saturated carbocycles. The lowest BCUT2D eigenvalue weighted by Crippen LogP contribution is -2.44. The molecule has 2 aromatic rings. The molecule has 2 aromatic carbocycles. The first-order chi connectivity index (χ1) is 13.8. The molecule has 8 heteroatoms. The van der Waals surface area contributed by atoms with Crippen LogP contribution in [0.1, 0.15) is 30.9 Å². The van der Waals surface area contributed by atoms with Crippen molar-refractivity contribution in [2.24, 2.45) is 11.0 Å². The van der Waals surface area contributed by atoms with Gasteiger partial charge >= 0.3 is 0 Å². The highest BCUT2D eigenvalue weighted by atomic mass is 32.2. The van der Waals surface area contributed by atoms with Gasteiger partial charge in [0.05, 0.1) is 16.5 Å². The number of rotatable bonds is 5. The third kappa shape index (κ3) is 5.02. The molecule has 0 radical (unpaired) electrons. The number of carbonyl (C=O) groups is 1. The van der Waals surface area contributed by atoms with E-state index < -0.39 is 15.9 Å². The summed E-state index contributed by atoms with van der Waals surface area (Å²) in [7, 11) is -3.62. The number of benzene rings is 2. The van der Waals surface area contributed by atoms with Crippen LogP contribution in [0.3, 0.4) is 0 Å². The second-order valence-corrected chi connectivity index (χ2v) is 9.25. The van der Waals surface area contributed by atoms with Crippen LogP contribution in [0.5, 0.6) is 0 Å². The van der Waals surface area contributed by atoms with Crippen molar-refractivity contribution in [1.29, 1.82) is 0 Å². The van der Waals surface area contributed by atoms with E-state index in [1.54, 1.807) is 43.3 Å². The number of hydrogen-bond acceptors (Lipinski definition) is 5. The second-order valence-electron chi connectivity index (χ2n) is 7.31. The van der Waals surface area contributed by atoms with Crippen LogP contribution >= 0.6 is 0 Å². The highest BCUT2D eigenvalue weighted by Crippen LogP contribution is 2.24. The number of aryl methyl sites for hydroxylation is 1. The third-order valence-electron chi connectivity index (χ3n) is 5.08. The van der Waals surface area contributed by atoms with Crippen molar-refractivity contribution in [1.82, 2.24) is 9.73 Å². The number of carbonyl (C=O) groups excluding carboxylic acids is 1. The summed E-state index contributed by atoms with van der Waals surface area (Å²) in [4.78, 5) is 12.8. The summed E-state index contributed by atoms with van der Waals surface area (Å²) < 4.78 is 27.2. The minimum atomic E-state index is -3.62. The zero-order valence-electron chi connectivity index (χ0n) is 16.6. The highest BCUT2D eigenvalue weighted by molar-refractivity contribution is 7.89. The van der Waals surface area contributed by atoms with Gasteiger partial charge in [0, 0.05) is 18.8 Å². The summed E-state index contributed by atoms with van der Waals surface area (Å²) in [5.74, 6) is -0.712. The molecular weight excluding hydrogens is 388 g/mol. The first-order valence-electron chi connectivity index (χ1n) is 9.54. The molecule has 1 heterocycles. The average Bonchev–Trinajstić information content (AvgIpc) is 2.72. The van der Waals surface area contributed by atoms with E-state index in [1.165, 1.54) is 4.31 Å². The number of hydrogen-bond donors (Lipinski definition) is 2. The van der Waals surface area contributed by atoms with Crippen LogP contribution in [0, 0.1) is 12.8 Å². The first kappa shape index (κ1) is 21.0. The summed E-state index contributed by atoms with van der Waals surface area (Å²) in [5, 5.41) is 4.16. The van der Waals surface area contributed by atoms with Gasteiger partial charge in [-0.1, -0.05) is 29.8 Å². The van der Waals surface area contributed by atoms with E-state index in [2.05, 4.69) is 10.5 Å². The minimum absolute atomic E-state index is 0.151. The van der Waals surface area contributed by atoms with E-state index in [0.717, 1.165) is 11.1 Å². The zero-order chi connectivity index (χ0) is 21.0. The predicted molar refractivity (Wildman–Crippen MR) is 114 cm³/mol. The Morgan fingerprint density at radius 2 is 1.79 bits per heavy atom. The quantitative estimate of drug-likeness (QED) is 0.445. The van der Waals surface area contributed by atoms with Crippen molar-refractivity contribution >= 4 is 27.3 Å². The molecule has 0 aromatic heterocycles. The van der Waals surface area contributed by atoms with Gasteiger partial charge in [-0.15, -0.1) is 0 Å². The maximum atomic E-state index is 12.9. The summed E-state index contributed by atoms with van der Waals surface area (Å²) >= 11 is 0. The average molecular weight is 415 g/mol. The number of sulfonamides is 1. The lowest BCUT2D eigenvalue weighted by atomic mass is 9.99. The van der Waals surface area contributed by atoms with Crippen LogP contribution in [-0.4, -0.2) is 37.4 Å². The molecular formula is C21H26N4O3S. The number of nitrogens with one attached hydrogen (secondary N) is 1. The Kier molecular flexibility index (Phi) is 6.34.